The van der Waals surface area contributed by atoms with E-state index in [1.165, 1.54) is 24.6 Å². The molecule has 6 heteroatoms. The molecule has 0 aliphatic heterocycles. The molecule has 1 fully saturated rings. The SMILES string of the molecule is O=C(COc1ccc([N+](=O)[O-])cc1Cl)C1CCCCC1. The van der Waals surface area contributed by atoms with Crippen LogP contribution in [0.15, 0.2) is 18.2 Å². The number of carbonyl (C=O) groups is 1. The number of carbonyl (C=O) groups excluding carboxylic acids is 1. The molecule has 0 unspecified atom stereocenters. The van der Waals surface area contributed by atoms with Crippen molar-refractivity contribution in [3.05, 3.63) is 33.3 Å². The van der Waals surface area contributed by atoms with E-state index in [9.17, 15) is 14.9 Å². The third-order valence-electron chi connectivity index (χ3n) is 3.56. The fraction of sp³-hybridized carbons (Fsp3) is 0.500. The normalized spacial score (nSPS) is 15.8. The fourth-order valence-corrected chi connectivity index (χ4v) is 2.64. The van der Waals surface area contributed by atoms with Crippen molar-refractivity contribution in [3.63, 3.8) is 0 Å². The van der Waals surface area contributed by atoms with E-state index >= 15 is 0 Å². The van der Waals surface area contributed by atoms with E-state index in [1.807, 2.05) is 0 Å². The third-order valence-corrected chi connectivity index (χ3v) is 3.85. The number of benzene rings is 1. The van der Waals surface area contributed by atoms with E-state index in [2.05, 4.69) is 0 Å². The number of ether oxygens (including phenoxy) is 1. The summed E-state index contributed by atoms with van der Waals surface area (Å²) in [6.45, 7) is -0.0256. The van der Waals surface area contributed by atoms with Gasteiger partial charge in [-0.15, -0.1) is 0 Å². The van der Waals surface area contributed by atoms with Crippen molar-refractivity contribution in [2.24, 2.45) is 5.92 Å². The molecule has 0 bridgehead atoms. The van der Waals surface area contributed by atoms with Crippen LogP contribution in [-0.2, 0) is 4.79 Å². The minimum atomic E-state index is -0.525. The van der Waals surface area contributed by atoms with Crippen molar-refractivity contribution in [2.75, 3.05) is 6.61 Å². The molecule has 2 rings (SSSR count). The molecule has 1 aliphatic carbocycles. The Bertz CT molecular complexity index is 512. The molecule has 5 nitrogen and oxygen atoms in total. The highest BCUT2D eigenvalue weighted by Gasteiger charge is 2.21. The van der Waals surface area contributed by atoms with Crippen molar-refractivity contribution in [1.29, 1.82) is 0 Å². The maximum Gasteiger partial charge on any atom is 0.271 e. The smallest absolute Gasteiger partial charge is 0.271 e. The molecule has 0 heterocycles. The Labute approximate surface area is 122 Å². The minimum Gasteiger partial charge on any atom is -0.484 e. The average Bonchev–Trinajstić information content (AvgIpc) is 2.46. The average molecular weight is 298 g/mol. The summed E-state index contributed by atoms with van der Waals surface area (Å²) < 4.78 is 5.38. The molecule has 0 spiro atoms. The van der Waals surface area contributed by atoms with E-state index in [4.69, 9.17) is 16.3 Å². The molecule has 0 aromatic heterocycles. The summed E-state index contributed by atoms with van der Waals surface area (Å²) in [4.78, 5) is 22.0. The quantitative estimate of drug-likeness (QED) is 0.612. The Balaban J connectivity index is 1.93. The van der Waals surface area contributed by atoms with Crippen molar-refractivity contribution in [3.8, 4) is 5.75 Å². The molecule has 20 heavy (non-hydrogen) atoms. The standard InChI is InChI=1S/C14H16ClNO4/c15-12-8-11(16(18)19)6-7-14(12)20-9-13(17)10-4-2-1-3-5-10/h6-8,10H,1-5,9H2. The van der Waals surface area contributed by atoms with Gasteiger partial charge in [0.15, 0.2) is 5.78 Å². The molecule has 0 amide bonds. The first-order chi connectivity index (χ1) is 9.58. The van der Waals surface area contributed by atoms with E-state index in [1.54, 1.807) is 0 Å². The number of hydrogen-bond acceptors (Lipinski definition) is 4. The maximum atomic E-state index is 12.0. The summed E-state index contributed by atoms with van der Waals surface area (Å²) >= 11 is 5.90. The monoisotopic (exact) mass is 297 g/mol. The van der Waals surface area contributed by atoms with Crippen molar-refractivity contribution >= 4 is 23.1 Å². The third kappa shape index (κ3) is 3.70. The van der Waals surface area contributed by atoms with Gasteiger partial charge in [0.2, 0.25) is 0 Å². The Morgan fingerprint density at radius 2 is 2.05 bits per heavy atom. The molecule has 0 N–H and O–H groups in total. The highest BCUT2D eigenvalue weighted by atomic mass is 35.5. The number of ketones is 1. The van der Waals surface area contributed by atoms with Gasteiger partial charge in [0.05, 0.1) is 9.95 Å². The lowest BCUT2D eigenvalue weighted by Gasteiger charge is -2.20. The van der Waals surface area contributed by atoms with Crippen LogP contribution in [0.5, 0.6) is 5.75 Å². The van der Waals surface area contributed by atoms with E-state index in [0.29, 0.717) is 5.75 Å². The molecular weight excluding hydrogens is 282 g/mol. The van der Waals surface area contributed by atoms with Gasteiger partial charge in [0.25, 0.3) is 5.69 Å². The van der Waals surface area contributed by atoms with Gasteiger partial charge in [0.1, 0.15) is 12.4 Å². The topological polar surface area (TPSA) is 69.4 Å². The van der Waals surface area contributed by atoms with Crippen LogP contribution in [0.3, 0.4) is 0 Å². The second-order valence-corrected chi connectivity index (χ2v) is 5.37. The van der Waals surface area contributed by atoms with Crippen LogP contribution in [0.2, 0.25) is 5.02 Å². The Morgan fingerprint density at radius 3 is 2.65 bits per heavy atom. The van der Waals surface area contributed by atoms with Gasteiger partial charge in [0, 0.05) is 18.1 Å². The summed E-state index contributed by atoms with van der Waals surface area (Å²) in [5.41, 5.74) is -0.0963. The lowest BCUT2D eigenvalue weighted by molar-refractivity contribution is -0.384. The van der Waals surface area contributed by atoms with Crippen LogP contribution in [0.25, 0.3) is 0 Å². The van der Waals surface area contributed by atoms with Crippen LogP contribution >= 0.6 is 11.6 Å². The Hall–Kier alpha value is -1.62. The van der Waals surface area contributed by atoms with Gasteiger partial charge >= 0.3 is 0 Å². The zero-order chi connectivity index (χ0) is 14.5. The number of nitro benzene ring substituents is 1. The van der Waals surface area contributed by atoms with Crippen LogP contribution in [-0.4, -0.2) is 17.3 Å². The zero-order valence-electron chi connectivity index (χ0n) is 11.0. The van der Waals surface area contributed by atoms with Crippen LogP contribution < -0.4 is 4.74 Å². The summed E-state index contributed by atoms with van der Waals surface area (Å²) in [6.07, 6.45) is 5.23. The first kappa shape index (κ1) is 14.8. The van der Waals surface area contributed by atoms with E-state index in [-0.39, 0.29) is 29.0 Å². The lowest BCUT2D eigenvalue weighted by atomic mass is 9.86. The molecular formula is C14H16ClNO4. The number of Topliss-reactive ketones (excluding diaryl/α,β-unsaturated/α-hetero) is 1. The van der Waals surface area contributed by atoms with Gasteiger partial charge in [-0.1, -0.05) is 30.9 Å². The first-order valence-electron chi connectivity index (χ1n) is 6.67. The van der Waals surface area contributed by atoms with Gasteiger partial charge in [-0.2, -0.15) is 0 Å². The van der Waals surface area contributed by atoms with Crippen molar-refractivity contribution in [1.82, 2.24) is 0 Å². The van der Waals surface area contributed by atoms with Gasteiger partial charge in [-0.25, -0.2) is 0 Å². The second-order valence-electron chi connectivity index (χ2n) is 4.96. The number of rotatable bonds is 5. The van der Waals surface area contributed by atoms with Crippen molar-refractivity contribution in [2.45, 2.75) is 32.1 Å². The molecule has 108 valence electrons. The molecule has 0 radical (unpaired) electrons. The Kier molecular flexibility index (Phi) is 4.95. The second kappa shape index (κ2) is 6.70. The molecule has 1 saturated carbocycles. The number of nitrogens with zero attached hydrogens (tertiary/aromatic N) is 1. The summed E-state index contributed by atoms with van der Waals surface area (Å²) in [6, 6.07) is 3.96. The molecule has 0 atom stereocenters. The first-order valence-corrected chi connectivity index (χ1v) is 7.05. The number of halogens is 1. The molecule has 1 aliphatic rings. The van der Waals surface area contributed by atoms with Crippen LogP contribution in [0.4, 0.5) is 5.69 Å². The number of nitro groups is 1. The largest absolute Gasteiger partial charge is 0.484 e. The van der Waals surface area contributed by atoms with E-state index in [0.717, 1.165) is 25.7 Å². The minimum absolute atomic E-state index is 0.0256. The van der Waals surface area contributed by atoms with Crippen LogP contribution in [0.1, 0.15) is 32.1 Å². The Morgan fingerprint density at radius 1 is 1.35 bits per heavy atom. The fourth-order valence-electron chi connectivity index (χ4n) is 2.41. The van der Waals surface area contributed by atoms with E-state index < -0.39 is 4.92 Å². The predicted octanol–water partition coefficient (Wildman–Crippen LogP) is 3.78. The van der Waals surface area contributed by atoms with Gasteiger partial charge < -0.3 is 4.74 Å². The highest BCUT2D eigenvalue weighted by molar-refractivity contribution is 6.32. The number of non-ortho nitro benzene ring substituents is 1. The van der Waals surface area contributed by atoms with Crippen LogP contribution in [0, 0.1) is 16.0 Å². The number of hydrogen-bond donors (Lipinski definition) is 0. The van der Waals surface area contributed by atoms with Gasteiger partial charge in [-0.05, 0) is 18.9 Å². The van der Waals surface area contributed by atoms with Crippen molar-refractivity contribution < 1.29 is 14.5 Å². The molecule has 1 aromatic rings. The summed E-state index contributed by atoms with van der Waals surface area (Å²) in [5, 5.41) is 10.7. The summed E-state index contributed by atoms with van der Waals surface area (Å²) in [7, 11) is 0. The lowest BCUT2D eigenvalue weighted by Crippen LogP contribution is -2.23. The zero-order valence-corrected chi connectivity index (χ0v) is 11.8. The predicted molar refractivity (Wildman–Crippen MR) is 75.2 cm³/mol. The maximum absolute atomic E-state index is 12.0. The molecule has 0 saturated heterocycles. The summed E-state index contributed by atoms with van der Waals surface area (Å²) in [5.74, 6) is 0.473. The highest BCUT2D eigenvalue weighted by Crippen LogP contribution is 2.29. The molecule has 1 aromatic carbocycles. The van der Waals surface area contributed by atoms with Gasteiger partial charge in [-0.3, -0.25) is 14.9 Å².